The maximum atomic E-state index is 11.6. The van der Waals surface area contributed by atoms with Crippen molar-refractivity contribution in [3.63, 3.8) is 0 Å². The second-order valence-electron chi connectivity index (χ2n) is 4.65. The minimum Gasteiger partial charge on any atom is -0.351 e. The zero-order valence-corrected chi connectivity index (χ0v) is 11.5. The third kappa shape index (κ3) is 4.85. The zero-order chi connectivity index (χ0) is 13.6. The number of rotatable bonds is 6. The van der Waals surface area contributed by atoms with Gasteiger partial charge in [-0.2, -0.15) is 11.3 Å². The highest BCUT2D eigenvalue weighted by atomic mass is 32.1. The van der Waals surface area contributed by atoms with Crippen LogP contribution in [0.25, 0.3) is 0 Å². The highest BCUT2D eigenvalue weighted by Crippen LogP contribution is 2.05. The first-order valence-corrected chi connectivity index (χ1v) is 6.70. The minimum atomic E-state index is -0.408. The highest BCUT2D eigenvalue weighted by molar-refractivity contribution is 7.08. The number of carbonyl (C=O) groups is 2. The van der Waals surface area contributed by atoms with Crippen molar-refractivity contribution in [3.05, 3.63) is 22.4 Å². The molecule has 100 valence electrons. The first-order chi connectivity index (χ1) is 8.44. The summed E-state index contributed by atoms with van der Waals surface area (Å²) in [6, 6.07) is 1.75. The minimum absolute atomic E-state index is 0.115. The number of hydrogen-bond acceptors (Lipinski definition) is 4. The third-order valence-electron chi connectivity index (χ3n) is 2.41. The quantitative estimate of drug-likeness (QED) is 0.711. The average molecular weight is 269 g/mol. The van der Waals surface area contributed by atoms with Crippen LogP contribution in [0.15, 0.2) is 16.8 Å². The molecule has 0 fully saturated rings. The summed E-state index contributed by atoms with van der Waals surface area (Å²) in [5.74, 6) is -0.266. The molecule has 4 N–H and O–H groups in total. The van der Waals surface area contributed by atoms with E-state index in [4.69, 9.17) is 5.73 Å². The van der Waals surface area contributed by atoms with Gasteiger partial charge < -0.3 is 16.4 Å². The van der Waals surface area contributed by atoms with Gasteiger partial charge >= 0.3 is 0 Å². The van der Waals surface area contributed by atoms with E-state index >= 15 is 0 Å². The van der Waals surface area contributed by atoms with Gasteiger partial charge in [-0.1, -0.05) is 0 Å². The van der Waals surface area contributed by atoms with Gasteiger partial charge in [-0.15, -0.1) is 0 Å². The van der Waals surface area contributed by atoms with Crippen LogP contribution in [0.4, 0.5) is 0 Å². The van der Waals surface area contributed by atoms with E-state index < -0.39 is 5.54 Å². The molecule has 0 aromatic carbocycles. The lowest BCUT2D eigenvalue weighted by Crippen LogP contribution is -2.49. The first-order valence-electron chi connectivity index (χ1n) is 5.76. The Morgan fingerprint density at radius 2 is 2.17 bits per heavy atom. The van der Waals surface area contributed by atoms with Crippen LogP contribution in [0, 0.1) is 0 Å². The maximum absolute atomic E-state index is 11.6. The molecule has 18 heavy (non-hydrogen) atoms. The molecule has 0 unspecified atom stereocenters. The summed E-state index contributed by atoms with van der Waals surface area (Å²) >= 11 is 1.46. The first kappa shape index (κ1) is 14.7. The van der Waals surface area contributed by atoms with Gasteiger partial charge in [0.1, 0.15) is 0 Å². The molecule has 6 heteroatoms. The summed E-state index contributed by atoms with van der Waals surface area (Å²) in [6.07, 6.45) is 0.249. The van der Waals surface area contributed by atoms with Gasteiger partial charge in [0, 0.05) is 36.0 Å². The van der Waals surface area contributed by atoms with Gasteiger partial charge in [0.2, 0.25) is 5.91 Å². The number of nitrogens with one attached hydrogen (secondary N) is 2. The van der Waals surface area contributed by atoms with Crippen LogP contribution in [-0.4, -0.2) is 30.4 Å². The van der Waals surface area contributed by atoms with Crippen molar-refractivity contribution in [1.82, 2.24) is 10.6 Å². The maximum Gasteiger partial charge on any atom is 0.252 e. The van der Waals surface area contributed by atoms with Gasteiger partial charge in [0.05, 0.1) is 0 Å². The molecule has 0 aliphatic carbocycles. The molecule has 0 aliphatic rings. The van der Waals surface area contributed by atoms with Crippen molar-refractivity contribution in [3.8, 4) is 0 Å². The monoisotopic (exact) mass is 269 g/mol. The average Bonchev–Trinajstić information content (AvgIpc) is 2.81. The van der Waals surface area contributed by atoms with Gasteiger partial charge in [0.15, 0.2) is 0 Å². The van der Waals surface area contributed by atoms with Gasteiger partial charge in [-0.3, -0.25) is 9.59 Å². The number of carbonyl (C=O) groups excluding carboxylic acids is 2. The molecule has 1 rings (SSSR count). The summed E-state index contributed by atoms with van der Waals surface area (Å²) in [5.41, 5.74) is 5.73. The molecular formula is C12H19N3O2S. The summed E-state index contributed by atoms with van der Waals surface area (Å²) in [7, 11) is 0. The van der Waals surface area contributed by atoms with E-state index in [9.17, 15) is 9.59 Å². The summed E-state index contributed by atoms with van der Waals surface area (Å²) in [4.78, 5) is 23.1. The van der Waals surface area contributed by atoms with Crippen LogP contribution < -0.4 is 16.4 Å². The SMILES string of the molecule is CC(C)(CN)NC(=O)CCNC(=O)c1ccsc1. The van der Waals surface area contributed by atoms with Gasteiger partial charge in [-0.25, -0.2) is 0 Å². The Labute approximate surface area is 111 Å². The van der Waals surface area contributed by atoms with Crippen LogP contribution in [0.1, 0.15) is 30.6 Å². The number of amides is 2. The smallest absolute Gasteiger partial charge is 0.252 e. The summed E-state index contributed by atoms with van der Waals surface area (Å²) in [5, 5.41) is 9.11. The van der Waals surface area contributed by atoms with Gasteiger partial charge in [-0.05, 0) is 25.3 Å². The molecule has 0 bridgehead atoms. The molecule has 5 nitrogen and oxygen atoms in total. The fourth-order valence-electron chi connectivity index (χ4n) is 1.28. The summed E-state index contributed by atoms with van der Waals surface area (Å²) < 4.78 is 0. The number of thiophene rings is 1. The molecular weight excluding hydrogens is 250 g/mol. The van der Waals surface area contributed by atoms with Gasteiger partial charge in [0.25, 0.3) is 5.91 Å². The van der Waals surface area contributed by atoms with Crippen molar-refractivity contribution < 1.29 is 9.59 Å². The molecule has 1 heterocycles. The highest BCUT2D eigenvalue weighted by Gasteiger charge is 2.17. The molecule has 0 spiro atoms. The fraction of sp³-hybridized carbons (Fsp3) is 0.500. The predicted octanol–water partition coefficient (Wildman–Crippen LogP) is 0.721. The second-order valence-corrected chi connectivity index (χ2v) is 5.43. The number of hydrogen-bond donors (Lipinski definition) is 3. The lowest BCUT2D eigenvalue weighted by atomic mass is 10.1. The second kappa shape index (κ2) is 6.51. The molecule has 1 aromatic rings. The third-order valence-corrected chi connectivity index (χ3v) is 3.09. The van der Waals surface area contributed by atoms with Crippen molar-refractivity contribution >= 4 is 23.2 Å². The van der Waals surface area contributed by atoms with E-state index in [-0.39, 0.29) is 18.2 Å². The van der Waals surface area contributed by atoms with E-state index in [1.54, 1.807) is 11.4 Å². The van der Waals surface area contributed by atoms with E-state index in [2.05, 4.69) is 10.6 Å². The molecule has 0 atom stereocenters. The largest absolute Gasteiger partial charge is 0.351 e. The van der Waals surface area contributed by atoms with E-state index in [1.807, 2.05) is 19.2 Å². The molecule has 0 saturated carbocycles. The summed E-state index contributed by atoms with van der Waals surface area (Å²) in [6.45, 7) is 4.41. The lowest BCUT2D eigenvalue weighted by molar-refractivity contribution is -0.122. The van der Waals surface area contributed by atoms with Crippen LogP contribution >= 0.6 is 11.3 Å². The molecule has 0 saturated heterocycles. The number of nitrogens with two attached hydrogens (primary N) is 1. The molecule has 1 aromatic heterocycles. The Morgan fingerprint density at radius 3 is 2.72 bits per heavy atom. The Morgan fingerprint density at radius 1 is 1.44 bits per heavy atom. The van der Waals surface area contributed by atoms with Crippen molar-refractivity contribution in [1.29, 1.82) is 0 Å². The Balaban J connectivity index is 2.26. The van der Waals surface area contributed by atoms with Crippen molar-refractivity contribution in [2.45, 2.75) is 25.8 Å². The normalized spacial score (nSPS) is 11.1. The topological polar surface area (TPSA) is 84.2 Å². The lowest BCUT2D eigenvalue weighted by Gasteiger charge is -2.24. The van der Waals surface area contributed by atoms with Crippen LogP contribution in [0.3, 0.4) is 0 Å². The van der Waals surface area contributed by atoms with E-state index in [1.165, 1.54) is 11.3 Å². The van der Waals surface area contributed by atoms with Crippen LogP contribution in [0.5, 0.6) is 0 Å². The molecule has 0 aliphatic heterocycles. The Kier molecular flexibility index (Phi) is 5.30. The van der Waals surface area contributed by atoms with E-state index in [0.29, 0.717) is 18.7 Å². The van der Waals surface area contributed by atoms with E-state index in [0.717, 1.165) is 0 Å². The molecule has 0 radical (unpaired) electrons. The van der Waals surface area contributed by atoms with Crippen molar-refractivity contribution in [2.24, 2.45) is 5.73 Å². The van der Waals surface area contributed by atoms with Crippen LogP contribution in [0.2, 0.25) is 0 Å². The standard InChI is InChI=1S/C12H19N3O2S/c1-12(2,8-13)15-10(16)3-5-14-11(17)9-4-6-18-7-9/h4,6-7H,3,5,8,13H2,1-2H3,(H,14,17)(H,15,16). The zero-order valence-electron chi connectivity index (χ0n) is 10.7. The predicted molar refractivity (Wildman–Crippen MR) is 72.5 cm³/mol. The Bertz CT molecular complexity index is 401. The fourth-order valence-corrected chi connectivity index (χ4v) is 1.91. The van der Waals surface area contributed by atoms with Crippen molar-refractivity contribution in [2.75, 3.05) is 13.1 Å². The Hall–Kier alpha value is -1.40. The van der Waals surface area contributed by atoms with Crippen LogP contribution in [-0.2, 0) is 4.79 Å². The molecule has 2 amide bonds.